The molecule has 1 fully saturated rings. The van der Waals surface area contributed by atoms with Crippen LogP contribution < -0.4 is 5.32 Å². The van der Waals surface area contributed by atoms with Crippen LogP contribution in [0.2, 0.25) is 5.02 Å². The van der Waals surface area contributed by atoms with Crippen LogP contribution in [0.1, 0.15) is 31.2 Å². The molecule has 132 valence electrons. The maximum Gasteiger partial charge on any atom is 0.317 e. The molecule has 2 rings (SSSR count). The standard InChI is InChI=1S/C17H23ClFN3O2/c1-21(2)16(23)7-4-10-20-17(24)22(12-8-9-12)11-13-14(18)5-3-6-15(13)19/h3,5-6,12H,4,7-11H2,1-2H3,(H,20,24). The topological polar surface area (TPSA) is 52.7 Å². The van der Waals surface area contributed by atoms with Gasteiger partial charge in [-0.2, -0.15) is 0 Å². The van der Waals surface area contributed by atoms with Gasteiger partial charge in [0.25, 0.3) is 0 Å². The van der Waals surface area contributed by atoms with E-state index in [2.05, 4.69) is 5.32 Å². The van der Waals surface area contributed by atoms with E-state index in [0.29, 0.717) is 30.0 Å². The Morgan fingerprint density at radius 1 is 1.33 bits per heavy atom. The number of nitrogens with one attached hydrogen (secondary N) is 1. The van der Waals surface area contributed by atoms with Crippen LogP contribution in [0.25, 0.3) is 0 Å². The number of urea groups is 1. The molecule has 1 aliphatic rings. The summed E-state index contributed by atoms with van der Waals surface area (Å²) in [5.41, 5.74) is 0.337. The zero-order chi connectivity index (χ0) is 17.7. The van der Waals surface area contributed by atoms with Crippen LogP contribution in [-0.2, 0) is 11.3 Å². The predicted molar refractivity (Wildman–Crippen MR) is 91.3 cm³/mol. The van der Waals surface area contributed by atoms with E-state index in [4.69, 9.17) is 11.6 Å². The van der Waals surface area contributed by atoms with Crippen molar-refractivity contribution in [3.8, 4) is 0 Å². The van der Waals surface area contributed by atoms with Crippen molar-refractivity contribution in [2.75, 3.05) is 20.6 Å². The second-order valence-electron chi connectivity index (χ2n) is 6.18. The number of hydrogen-bond donors (Lipinski definition) is 1. The molecule has 0 aliphatic heterocycles. The summed E-state index contributed by atoms with van der Waals surface area (Å²) in [5.74, 6) is -0.376. The van der Waals surface area contributed by atoms with Gasteiger partial charge in [0.2, 0.25) is 5.91 Å². The monoisotopic (exact) mass is 355 g/mol. The van der Waals surface area contributed by atoms with Gasteiger partial charge in [0.1, 0.15) is 5.82 Å². The first kappa shape index (κ1) is 18.5. The summed E-state index contributed by atoms with van der Waals surface area (Å²) >= 11 is 6.05. The lowest BCUT2D eigenvalue weighted by atomic mass is 10.2. The molecule has 7 heteroatoms. The van der Waals surface area contributed by atoms with Crippen molar-refractivity contribution in [1.29, 1.82) is 0 Å². The molecule has 0 unspecified atom stereocenters. The van der Waals surface area contributed by atoms with Crippen molar-refractivity contribution < 1.29 is 14.0 Å². The number of rotatable bonds is 7. The second-order valence-corrected chi connectivity index (χ2v) is 6.59. The summed E-state index contributed by atoms with van der Waals surface area (Å²) in [6, 6.07) is 4.40. The van der Waals surface area contributed by atoms with Crippen molar-refractivity contribution in [3.63, 3.8) is 0 Å². The van der Waals surface area contributed by atoms with Gasteiger partial charge in [-0.05, 0) is 31.4 Å². The molecule has 0 aromatic heterocycles. The number of carbonyl (C=O) groups is 2. The molecule has 1 saturated carbocycles. The average molecular weight is 356 g/mol. The first-order valence-corrected chi connectivity index (χ1v) is 8.45. The number of halogens is 2. The van der Waals surface area contributed by atoms with Crippen LogP contribution in [0.5, 0.6) is 0 Å². The number of nitrogens with zero attached hydrogens (tertiary/aromatic N) is 2. The highest BCUT2D eigenvalue weighted by molar-refractivity contribution is 6.31. The molecule has 0 heterocycles. The second kappa shape index (κ2) is 8.33. The molecule has 24 heavy (non-hydrogen) atoms. The molecule has 3 amide bonds. The molecule has 0 bridgehead atoms. The number of carbonyl (C=O) groups excluding carboxylic acids is 2. The third-order valence-electron chi connectivity index (χ3n) is 3.98. The summed E-state index contributed by atoms with van der Waals surface area (Å²) in [6.45, 7) is 0.561. The molecule has 1 aromatic rings. The van der Waals surface area contributed by atoms with E-state index in [9.17, 15) is 14.0 Å². The molecule has 1 aliphatic carbocycles. The van der Waals surface area contributed by atoms with Gasteiger partial charge in [0.15, 0.2) is 0 Å². The van der Waals surface area contributed by atoms with Gasteiger partial charge >= 0.3 is 6.03 Å². The quantitative estimate of drug-likeness (QED) is 0.764. The molecular formula is C17H23ClFN3O2. The van der Waals surface area contributed by atoms with E-state index in [1.807, 2.05) is 0 Å². The van der Waals surface area contributed by atoms with Crippen LogP contribution in [-0.4, -0.2) is 48.4 Å². The van der Waals surface area contributed by atoms with E-state index in [1.54, 1.807) is 31.1 Å². The van der Waals surface area contributed by atoms with Crippen molar-refractivity contribution >= 4 is 23.5 Å². The maximum absolute atomic E-state index is 13.9. The van der Waals surface area contributed by atoms with Crippen molar-refractivity contribution in [1.82, 2.24) is 15.1 Å². The first-order chi connectivity index (χ1) is 11.4. The maximum atomic E-state index is 13.9. The van der Waals surface area contributed by atoms with Crippen molar-refractivity contribution in [3.05, 3.63) is 34.6 Å². The third kappa shape index (κ3) is 5.09. The van der Waals surface area contributed by atoms with Gasteiger partial charge < -0.3 is 15.1 Å². The highest BCUT2D eigenvalue weighted by Gasteiger charge is 2.33. The normalized spacial score (nSPS) is 13.5. The van der Waals surface area contributed by atoms with Crippen LogP contribution in [0.3, 0.4) is 0 Å². The van der Waals surface area contributed by atoms with Gasteiger partial charge in [0, 0.05) is 43.7 Å². The summed E-state index contributed by atoms with van der Waals surface area (Å²) in [5, 5.41) is 3.13. The summed E-state index contributed by atoms with van der Waals surface area (Å²) in [7, 11) is 3.40. The van der Waals surface area contributed by atoms with Gasteiger partial charge in [-0.3, -0.25) is 4.79 Å². The van der Waals surface area contributed by atoms with E-state index in [1.165, 1.54) is 11.0 Å². The number of hydrogen-bond acceptors (Lipinski definition) is 2. The van der Waals surface area contributed by atoms with Gasteiger partial charge in [0.05, 0.1) is 6.54 Å². The Balaban J connectivity index is 1.89. The summed E-state index contributed by atoms with van der Waals surface area (Å²) in [6.07, 6.45) is 2.79. The Morgan fingerprint density at radius 2 is 2.04 bits per heavy atom. The van der Waals surface area contributed by atoms with Crippen LogP contribution in [0.4, 0.5) is 9.18 Å². The zero-order valence-corrected chi connectivity index (χ0v) is 14.8. The molecule has 0 saturated heterocycles. The fourth-order valence-corrected chi connectivity index (χ4v) is 2.59. The Kier molecular flexibility index (Phi) is 6.43. The van der Waals surface area contributed by atoms with Crippen LogP contribution in [0.15, 0.2) is 18.2 Å². The highest BCUT2D eigenvalue weighted by Crippen LogP contribution is 2.30. The Morgan fingerprint density at radius 3 is 2.62 bits per heavy atom. The van der Waals surface area contributed by atoms with Crippen LogP contribution in [0, 0.1) is 5.82 Å². The Bertz CT molecular complexity index is 585. The lowest BCUT2D eigenvalue weighted by Crippen LogP contribution is -2.41. The zero-order valence-electron chi connectivity index (χ0n) is 14.0. The fourth-order valence-electron chi connectivity index (χ4n) is 2.37. The fraction of sp³-hybridized carbons (Fsp3) is 0.529. The van der Waals surface area contributed by atoms with Gasteiger partial charge in [-0.1, -0.05) is 17.7 Å². The SMILES string of the molecule is CN(C)C(=O)CCCNC(=O)N(Cc1c(F)cccc1Cl)C1CC1. The first-order valence-electron chi connectivity index (χ1n) is 8.07. The van der Waals surface area contributed by atoms with Crippen LogP contribution >= 0.6 is 11.6 Å². The highest BCUT2D eigenvalue weighted by atomic mass is 35.5. The van der Waals surface area contributed by atoms with Gasteiger partial charge in [-0.15, -0.1) is 0 Å². The lowest BCUT2D eigenvalue weighted by molar-refractivity contribution is -0.128. The number of benzene rings is 1. The predicted octanol–water partition coefficient (Wildman–Crippen LogP) is 3.02. The third-order valence-corrected chi connectivity index (χ3v) is 4.34. The minimum Gasteiger partial charge on any atom is -0.349 e. The molecular weight excluding hydrogens is 333 g/mol. The molecule has 5 nitrogen and oxygen atoms in total. The average Bonchev–Trinajstić information content (AvgIpc) is 3.35. The van der Waals surface area contributed by atoms with E-state index in [0.717, 1.165) is 12.8 Å². The van der Waals surface area contributed by atoms with E-state index in [-0.39, 0.29) is 24.5 Å². The molecule has 0 spiro atoms. The molecule has 0 radical (unpaired) electrons. The van der Waals surface area contributed by atoms with Gasteiger partial charge in [-0.25, -0.2) is 9.18 Å². The lowest BCUT2D eigenvalue weighted by Gasteiger charge is -2.23. The molecule has 1 N–H and O–H groups in total. The molecule has 1 aromatic carbocycles. The van der Waals surface area contributed by atoms with E-state index >= 15 is 0 Å². The van der Waals surface area contributed by atoms with E-state index < -0.39 is 5.82 Å². The van der Waals surface area contributed by atoms with Crippen molar-refractivity contribution in [2.24, 2.45) is 0 Å². The smallest absolute Gasteiger partial charge is 0.317 e. The summed E-state index contributed by atoms with van der Waals surface area (Å²) in [4.78, 5) is 27.0. The Labute approximate surface area is 146 Å². The molecule has 0 atom stereocenters. The Hall–Kier alpha value is -1.82. The largest absolute Gasteiger partial charge is 0.349 e. The summed E-state index contributed by atoms with van der Waals surface area (Å²) < 4.78 is 13.9. The number of amides is 3. The van der Waals surface area contributed by atoms with Crippen molar-refractivity contribution in [2.45, 2.75) is 38.3 Å². The minimum absolute atomic E-state index is 0.0291. The minimum atomic E-state index is -0.405.